The average Bonchev–Trinajstić information content (AvgIpc) is 2.80. The highest BCUT2D eigenvalue weighted by molar-refractivity contribution is 7.98. The molecule has 0 aliphatic rings. The van der Waals surface area contributed by atoms with Gasteiger partial charge in [0.15, 0.2) is 0 Å². The lowest BCUT2D eigenvalue weighted by molar-refractivity contribution is -0.143. The van der Waals surface area contributed by atoms with Gasteiger partial charge in [-0.25, -0.2) is 16.8 Å². The lowest BCUT2D eigenvalue weighted by Gasteiger charge is -2.20. The van der Waals surface area contributed by atoms with Crippen LogP contribution in [-0.4, -0.2) is 40.8 Å². The van der Waals surface area contributed by atoms with E-state index in [1.165, 1.54) is 0 Å². The second-order valence-corrected chi connectivity index (χ2v) is 12.6. The molecule has 2 aromatic rings. The standard InChI is InChI=1S/C19H17Cl2F6N3O5S3/c1-36-5-4-16(17(31)28-30-38(34,35)12-2-3-14(20)15(21)9-12)29-37(32,33)13-7-10(18(22,23)24)6-11(8-13)19(25,26)27/h2-3,6-9,16,29-30H,4-5H2,1H3,(H,28,31)/t16-/m1/s1. The molecule has 0 fully saturated rings. The number of hydrogen-bond donors (Lipinski definition) is 3. The van der Waals surface area contributed by atoms with Crippen LogP contribution in [0.5, 0.6) is 0 Å². The summed E-state index contributed by atoms with van der Waals surface area (Å²) < 4.78 is 131. The molecule has 0 saturated carbocycles. The van der Waals surface area contributed by atoms with Gasteiger partial charge in [-0.2, -0.15) is 42.8 Å². The molecule has 2 aromatic carbocycles. The van der Waals surface area contributed by atoms with E-state index in [4.69, 9.17) is 23.2 Å². The van der Waals surface area contributed by atoms with Crippen LogP contribution in [0, 0.1) is 0 Å². The number of carbonyl (C=O) groups excluding carboxylic acids is 1. The van der Waals surface area contributed by atoms with Crippen molar-refractivity contribution < 1.29 is 48.0 Å². The van der Waals surface area contributed by atoms with Gasteiger partial charge in [-0.3, -0.25) is 10.2 Å². The van der Waals surface area contributed by atoms with E-state index in [9.17, 15) is 48.0 Å². The van der Waals surface area contributed by atoms with Gasteiger partial charge in [-0.15, -0.1) is 4.83 Å². The second-order valence-electron chi connectivity index (χ2n) is 7.37. The molecule has 0 aliphatic heterocycles. The van der Waals surface area contributed by atoms with Gasteiger partial charge >= 0.3 is 12.4 Å². The Morgan fingerprint density at radius 1 is 0.868 bits per heavy atom. The van der Waals surface area contributed by atoms with E-state index in [0.29, 0.717) is 0 Å². The topological polar surface area (TPSA) is 121 Å². The number of hydrazine groups is 1. The Morgan fingerprint density at radius 3 is 1.89 bits per heavy atom. The Hall–Kier alpha value is -1.76. The molecular weight excluding hydrogens is 631 g/mol. The Bertz CT molecular complexity index is 1370. The second kappa shape index (κ2) is 12.2. The molecule has 3 N–H and O–H groups in total. The molecule has 0 spiro atoms. The largest absolute Gasteiger partial charge is 0.416 e. The van der Waals surface area contributed by atoms with Crippen molar-refractivity contribution >= 4 is 60.9 Å². The highest BCUT2D eigenvalue weighted by atomic mass is 35.5. The quantitative estimate of drug-likeness (QED) is 0.259. The van der Waals surface area contributed by atoms with E-state index < -0.39 is 65.3 Å². The molecule has 0 heterocycles. The summed E-state index contributed by atoms with van der Waals surface area (Å²) in [5.41, 5.74) is -2.00. The number of thioether (sulfide) groups is 1. The SMILES string of the molecule is CSCC[C@@H](NS(=O)(=O)c1cc(C(F)(F)F)cc(C(F)(F)F)c1)C(=O)NNS(=O)(=O)c1ccc(Cl)c(Cl)c1. The van der Waals surface area contributed by atoms with Crippen molar-refractivity contribution in [2.75, 3.05) is 12.0 Å². The summed E-state index contributed by atoms with van der Waals surface area (Å²) in [6.45, 7) is 0. The average molecular weight is 648 g/mol. The molecule has 0 bridgehead atoms. The fraction of sp³-hybridized carbons (Fsp3) is 0.316. The number of benzene rings is 2. The number of amides is 1. The third-order valence-electron chi connectivity index (χ3n) is 4.61. The fourth-order valence-corrected chi connectivity index (χ4v) is 5.73. The van der Waals surface area contributed by atoms with E-state index in [1.807, 2.05) is 0 Å². The van der Waals surface area contributed by atoms with E-state index in [0.717, 1.165) is 30.0 Å². The predicted octanol–water partition coefficient (Wildman–Crippen LogP) is 4.44. The van der Waals surface area contributed by atoms with Crippen LogP contribution in [0.25, 0.3) is 0 Å². The van der Waals surface area contributed by atoms with E-state index >= 15 is 0 Å². The monoisotopic (exact) mass is 647 g/mol. The zero-order chi connectivity index (χ0) is 29.1. The molecule has 38 heavy (non-hydrogen) atoms. The number of nitrogens with one attached hydrogen (secondary N) is 3. The van der Waals surface area contributed by atoms with Crippen LogP contribution in [0.3, 0.4) is 0 Å². The zero-order valence-corrected chi connectivity index (χ0v) is 22.7. The van der Waals surface area contributed by atoms with Crippen molar-refractivity contribution in [2.24, 2.45) is 0 Å². The first-order valence-corrected chi connectivity index (χ1v) is 15.0. The van der Waals surface area contributed by atoms with Gasteiger partial charge in [0.25, 0.3) is 15.9 Å². The smallest absolute Gasteiger partial charge is 0.276 e. The van der Waals surface area contributed by atoms with Crippen molar-refractivity contribution in [3.63, 3.8) is 0 Å². The summed E-state index contributed by atoms with van der Waals surface area (Å²) in [5, 5.41) is -0.102. The molecule has 0 unspecified atom stereocenters. The number of rotatable bonds is 10. The van der Waals surface area contributed by atoms with E-state index in [-0.39, 0.29) is 40.4 Å². The highest BCUT2D eigenvalue weighted by Crippen LogP contribution is 2.37. The molecule has 0 radical (unpaired) electrons. The zero-order valence-electron chi connectivity index (χ0n) is 18.7. The minimum atomic E-state index is -5.32. The van der Waals surface area contributed by atoms with Crippen molar-refractivity contribution in [3.8, 4) is 0 Å². The molecule has 2 rings (SSSR count). The molecular formula is C19H17Cl2F6N3O5S3. The van der Waals surface area contributed by atoms with Crippen molar-refractivity contribution in [1.82, 2.24) is 15.0 Å². The maximum absolute atomic E-state index is 13.2. The van der Waals surface area contributed by atoms with Crippen LogP contribution in [0.15, 0.2) is 46.2 Å². The maximum Gasteiger partial charge on any atom is 0.416 e. The first-order valence-electron chi connectivity index (χ1n) is 9.85. The van der Waals surface area contributed by atoms with Gasteiger partial charge in [0.2, 0.25) is 10.0 Å². The number of halogens is 8. The van der Waals surface area contributed by atoms with Gasteiger partial charge in [0.05, 0.1) is 31.0 Å². The Morgan fingerprint density at radius 2 is 1.42 bits per heavy atom. The fourth-order valence-electron chi connectivity index (χ4n) is 2.72. The van der Waals surface area contributed by atoms with Crippen molar-refractivity contribution in [1.29, 1.82) is 0 Å². The molecule has 212 valence electrons. The predicted molar refractivity (Wildman–Crippen MR) is 128 cm³/mol. The van der Waals surface area contributed by atoms with E-state index in [1.54, 1.807) is 21.2 Å². The van der Waals surface area contributed by atoms with Crippen LogP contribution in [0.1, 0.15) is 17.5 Å². The molecule has 1 amide bonds. The first-order chi connectivity index (χ1) is 17.3. The minimum absolute atomic E-state index is 0.0197. The van der Waals surface area contributed by atoms with Gasteiger partial charge in [0.1, 0.15) is 6.04 Å². The summed E-state index contributed by atoms with van der Waals surface area (Å²) in [4.78, 5) is 12.5. The van der Waals surface area contributed by atoms with Gasteiger partial charge < -0.3 is 0 Å². The number of sulfonamides is 2. The van der Waals surface area contributed by atoms with Crippen LogP contribution in [0.2, 0.25) is 10.0 Å². The summed E-state index contributed by atoms with van der Waals surface area (Å²) >= 11 is 12.6. The van der Waals surface area contributed by atoms with E-state index in [2.05, 4.69) is 0 Å². The van der Waals surface area contributed by atoms with Gasteiger partial charge in [-0.1, -0.05) is 23.2 Å². The summed E-state index contributed by atoms with van der Waals surface area (Å²) in [7, 11) is -9.59. The third kappa shape index (κ3) is 8.62. The molecule has 19 heteroatoms. The molecule has 1 atom stereocenters. The summed E-state index contributed by atoms with van der Waals surface area (Å²) in [5.74, 6) is -1.20. The van der Waals surface area contributed by atoms with Gasteiger partial charge in [0, 0.05) is 0 Å². The number of carbonyl (C=O) groups is 1. The van der Waals surface area contributed by atoms with Crippen molar-refractivity contribution in [3.05, 3.63) is 57.6 Å². The minimum Gasteiger partial charge on any atom is -0.276 e. The lowest BCUT2D eigenvalue weighted by Crippen LogP contribution is -2.52. The first kappa shape index (κ1) is 32.5. The van der Waals surface area contributed by atoms with Crippen LogP contribution in [0.4, 0.5) is 26.3 Å². The molecule has 8 nitrogen and oxygen atoms in total. The molecule has 0 saturated heterocycles. The maximum atomic E-state index is 13.2. The third-order valence-corrected chi connectivity index (χ3v) is 8.69. The van der Waals surface area contributed by atoms with Crippen LogP contribution >= 0.6 is 35.0 Å². The molecule has 0 aliphatic carbocycles. The van der Waals surface area contributed by atoms with Crippen molar-refractivity contribution in [2.45, 2.75) is 34.6 Å². The normalized spacial score (nSPS) is 13.8. The summed E-state index contributed by atoms with van der Waals surface area (Å²) in [6.07, 6.45) is -9.38. The summed E-state index contributed by atoms with van der Waals surface area (Å²) in [6, 6.07) is 1.06. The van der Waals surface area contributed by atoms with Gasteiger partial charge in [-0.05, 0) is 54.8 Å². The lowest BCUT2D eigenvalue weighted by atomic mass is 10.1. The van der Waals surface area contributed by atoms with Crippen LogP contribution in [-0.2, 0) is 37.2 Å². The Balaban J connectivity index is 2.35. The number of hydrogen-bond acceptors (Lipinski definition) is 6. The Labute approximate surface area is 227 Å². The van der Waals surface area contributed by atoms with Crippen LogP contribution < -0.4 is 15.0 Å². The Kier molecular flexibility index (Phi) is 10.4. The highest BCUT2D eigenvalue weighted by Gasteiger charge is 2.39. The number of alkyl halides is 6. The molecule has 0 aromatic heterocycles.